The molecule has 1 aromatic heterocycles. The largest absolute Gasteiger partial charge is 0.376 e. The van der Waals surface area contributed by atoms with Crippen LogP contribution in [0.3, 0.4) is 0 Å². The van der Waals surface area contributed by atoms with Crippen LogP contribution in [-0.4, -0.2) is 47.4 Å². The van der Waals surface area contributed by atoms with Crippen molar-refractivity contribution in [2.45, 2.75) is 78.0 Å². The second-order valence-corrected chi connectivity index (χ2v) is 9.98. The molecule has 5 nitrogen and oxygen atoms in total. The number of aryl methyl sites for hydroxylation is 1. The van der Waals surface area contributed by atoms with Gasteiger partial charge in [0.15, 0.2) is 0 Å². The molecule has 0 N–H and O–H groups in total. The van der Waals surface area contributed by atoms with Crippen molar-refractivity contribution in [3.05, 3.63) is 57.8 Å². The molecule has 1 atom stereocenters. The third-order valence-corrected chi connectivity index (χ3v) is 7.25. The van der Waals surface area contributed by atoms with E-state index in [2.05, 4.69) is 25.3 Å². The molecule has 6 heteroatoms. The van der Waals surface area contributed by atoms with Crippen LogP contribution < -0.4 is 0 Å². The Hall–Kier alpha value is -2.18. The zero-order valence-electron chi connectivity index (χ0n) is 20.1. The maximum absolute atomic E-state index is 13.5. The molecule has 0 radical (unpaired) electrons. The van der Waals surface area contributed by atoms with E-state index in [1.54, 1.807) is 16.2 Å². The summed E-state index contributed by atoms with van der Waals surface area (Å²) >= 11 is 1.68. The summed E-state index contributed by atoms with van der Waals surface area (Å²) in [4.78, 5) is 31.5. The van der Waals surface area contributed by atoms with Gasteiger partial charge in [-0.15, -0.1) is 11.3 Å². The van der Waals surface area contributed by atoms with E-state index in [0.717, 1.165) is 50.7 Å². The number of carbonyl (C=O) groups excluding carboxylic acids is 2. The van der Waals surface area contributed by atoms with Crippen LogP contribution in [0.15, 0.2) is 41.8 Å². The molecule has 1 aromatic carbocycles. The second-order valence-electron chi connectivity index (χ2n) is 8.98. The monoisotopic (exact) mass is 470 g/mol. The van der Waals surface area contributed by atoms with Crippen molar-refractivity contribution in [1.82, 2.24) is 9.80 Å². The van der Waals surface area contributed by atoms with Crippen LogP contribution in [-0.2, 0) is 27.4 Å². The van der Waals surface area contributed by atoms with Gasteiger partial charge in [0, 0.05) is 31.0 Å². The smallest absolute Gasteiger partial charge is 0.242 e. The number of benzene rings is 1. The lowest BCUT2D eigenvalue weighted by molar-refractivity contribution is -0.142. The molecule has 2 heterocycles. The van der Waals surface area contributed by atoms with E-state index in [0.29, 0.717) is 26.1 Å². The van der Waals surface area contributed by atoms with Crippen molar-refractivity contribution in [1.29, 1.82) is 0 Å². The fourth-order valence-corrected chi connectivity index (χ4v) is 5.11. The normalized spacial score (nSPS) is 15.5. The fourth-order valence-electron chi connectivity index (χ4n) is 4.19. The van der Waals surface area contributed by atoms with Crippen LogP contribution in [0.25, 0.3) is 0 Å². The molecular weight excluding hydrogens is 432 g/mol. The number of amides is 2. The minimum atomic E-state index is -0.00782. The van der Waals surface area contributed by atoms with Crippen LogP contribution in [0.5, 0.6) is 0 Å². The zero-order valence-corrected chi connectivity index (χ0v) is 20.9. The Labute approximate surface area is 202 Å². The number of thiophene rings is 1. The van der Waals surface area contributed by atoms with Gasteiger partial charge in [-0.2, -0.15) is 0 Å². The molecule has 180 valence electrons. The summed E-state index contributed by atoms with van der Waals surface area (Å²) in [5, 5.41) is 2.07. The molecule has 3 rings (SSSR count). The van der Waals surface area contributed by atoms with E-state index >= 15 is 0 Å². The lowest BCUT2D eigenvalue weighted by atomic mass is 10.1. The average molecular weight is 471 g/mol. The molecule has 1 aliphatic heterocycles. The average Bonchev–Trinajstić information content (AvgIpc) is 3.48. The Morgan fingerprint density at radius 1 is 1.03 bits per heavy atom. The van der Waals surface area contributed by atoms with E-state index < -0.39 is 0 Å². The highest BCUT2D eigenvalue weighted by Crippen LogP contribution is 2.20. The summed E-state index contributed by atoms with van der Waals surface area (Å²) in [5.74, 6) is 0.0634. The van der Waals surface area contributed by atoms with Gasteiger partial charge in [0.2, 0.25) is 11.8 Å². The van der Waals surface area contributed by atoms with Crippen molar-refractivity contribution in [3.63, 3.8) is 0 Å². The van der Waals surface area contributed by atoms with Gasteiger partial charge in [-0.05, 0) is 48.8 Å². The third-order valence-electron chi connectivity index (χ3n) is 6.24. The van der Waals surface area contributed by atoms with Crippen molar-refractivity contribution >= 4 is 23.2 Å². The van der Waals surface area contributed by atoms with Crippen LogP contribution in [0.4, 0.5) is 0 Å². The van der Waals surface area contributed by atoms with Gasteiger partial charge in [-0.1, -0.05) is 56.5 Å². The van der Waals surface area contributed by atoms with Crippen molar-refractivity contribution in [3.8, 4) is 0 Å². The first-order chi connectivity index (χ1) is 16.1. The Bertz CT molecular complexity index is 861. The predicted molar refractivity (Wildman–Crippen MR) is 134 cm³/mol. The number of unbranched alkanes of at least 4 members (excludes halogenated alkanes) is 3. The van der Waals surface area contributed by atoms with E-state index in [-0.39, 0.29) is 24.5 Å². The van der Waals surface area contributed by atoms with E-state index in [1.807, 2.05) is 35.2 Å². The number of carbonyl (C=O) groups is 2. The van der Waals surface area contributed by atoms with Gasteiger partial charge in [0.25, 0.3) is 0 Å². The number of hydrogen-bond acceptors (Lipinski definition) is 4. The first kappa shape index (κ1) is 25.4. The quantitative estimate of drug-likeness (QED) is 0.360. The lowest BCUT2D eigenvalue weighted by Crippen LogP contribution is -2.45. The van der Waals surface area contributed by atoms with Crippen molar-refractivity contribution in [2.75, 3.05) is 19.7 Å². The molecule has 2 amide bonds. The Balaban J connectivity index is 1.70. The van der Waals surface area contributed by atoms with Gasteiger partial charge in [-0.3, -0.25) is 9.59 Å². The molecule has 0 bridgehead atoms. The minimum Gasteiger partial charge on any atom is -0.376 e. The summed E-state index contributed by atoms with van der Waals surface area (Å²) in [5.41, 5.74) is 2.30. The predicted octanol–water partition coefficient (Wildman–Crippen LogP) is 5.56. The molecule has 2 aromatic rings. The molecule has 1 aliphatic rings. The number of nitrogens with zero attached hydrogens (tertiary/aromatic N) is 2. The molecule has 1 saturated heterocycles. The highest BCUT2D eigenvalue weighted by Gasteiger charge is 2.26. The SMILES string of the molecule is CCCCCCC(=O)N(CC(=O)N(Cc1ccccc1)Cc1sccc1C)CC1CCCO1. The van der Waals surface area contributed by atoms with Crippen LogP contribution >= 0.6 is 11.3 Å². The topological polar surface area (TPSA) is 49.9 Å². The third kappa shape index (κ3) is 8.27. The van der Waals surface area contributed by atoms with Gasteiger partial charge >= 0.3 is 0 Å². The Morgan fingerprint density at radius 2 is 1.85 bits per heavy atom. The fraction of sp³-hybridized carbons (Fsp3) is 0.556. The van der Waals surface area contributed by atoms with Gasteiger partial charge in [0.05, 0.1) is 19.2 Å². The maximum atomic E-state index is 13.5. The first-order valence-corrected chi connectivity index (χ1v) is 13.2. The standard InChI is InChI=1S/C27H38N2O3S/c1-3-4-5-9-14-26(30)29(19-24-13-10-16-32-24)21-27(31)28(18-23-11-7-6-8-12-23)20-25-22(2)15-17-33-25/h6-8,11-12,15,17,24H,3-5,9-10,13-14,16,18-21H2,1-2H3. The van der Waals surface area contributed by atoms with Crippen LogP contribution in [0.2, 0.25) is 0 Å². The van der Waals surface area contributed by atoms with E-state index in [9.17, 15) is 9.59 Å². The van der Waals surface area contributed by atoms with E-state index in [1.165, 1.54) is 10.4 Å². The Morgan fingerprint density at radius 3 is 2.52 bits per heavy atom. The minimum absolute atomic E-state index is 0.00782. The summed E-state index contributed by atoms with van der Waals surface area (Å²) in [6.07, 6.45) is 6.74. The Kier molecular flexibility index (Phi) is 10.4. The van der Waals surface area contributed by atoms with Crippen molar-refractivity contribution in [2.24, 2.45) is 0 Å². The van der Waals surface area contributed by atoms with E-state index in [4.69, 9.17) is 4.74 Å². The summed E-state index contributed by atoms with van der Waals surface area (Å²) < 4.78 is 5.80. The molecule has 33 heavy (non-hydrogen) atoms. The van der Waals surface area contributed by atoms with Crippen LogP contribution in [0.1, 0.15) is 67.9 Å². The summed E-state index contributed by atoms with van der Waals surface area (Å²) in [6.45, 7) is 6.72. The molecule has 1 fully saturated rings. The highest BCUT2D eigenvalue weighted by molar-refractivity contribution is 7.10. The van der Waals surface area contributed by atoms with Gasteiger partial charge < -0.3 is 14.5 Å². The zero-order chi connectivity index (χ0) is 23.5. The number of rotatable bonds is 13. The maximum Gasteiger partial charge on any atom is 0.242 e. The summed E-state index contributed by atoms with van der Waals surface area (Å²) in [6, 6.07) is 12.2. The molecule has 0 saturated carbocycles. The molecular formula is C27H38N2O3S. The van der Waals surface area contributed by atoms with Gasteiger partial charge in [0.1, 0.15) is 0 Å². The second kappa shape index (κ2) is 13.5. The summed E-state index contributed by atoms with van der Waals surface area (Å²) in [7, 11) is 0. The van der Waals surface area contributed by atoms with Gasteiger partial charge in [-0.25, -0.2) is 0 Å². The molecule has 0 aliphatic carbocycles. The number of hydrogen-bond donors (Lipinski definition) is 0. The highest BCUT2D eigenvalue weighted by atomic mass is 32.1. The lowest BCUT2D eigenvalue weighted by Gasteiger charge is -2.29. The molecule has 1 unspecified atom stereocenters. The first-order valence-electron chi connectivity index (χ1n) is 12.3. The number of ether oxygens (including phenoxy) is 1. The molecule has 0 spiro atoms. The van der Waals surface area contributed by atoms with Crippen molar-refractivity contribution < 1.29 is 14.3 Å². The van der Waals surface area contributed by atoms with Crippen LogP contribution in [0, 0.1) is 6.92 Å².